The first-order valence-electron chi connectivity index (χ1n) is 7.53. The molecule has 3 rings (SSSR count). The monoisotopic (exact) mass is 329 g/mol. The number of anilines is 1. The highest BCUT2D eigenvalue weighted by Gasteiger charge is 2.18. The van der Waals surface area contributed by atoms with E-state index < -0.39 is 0 Å². The summed E-state index contributed by atoms with van der Waals surface area (Å²) >= 11 is 1.34. The third-order valence-corrected chi connectivity index (χ3v) is 4.11. The number of aryl methyl sites for hydroxylation is 1. The molecule has 2 aromatic heterocycles. The maximum atomic E-state index is 5.83. The molecule has 0 bridgehead atoms. The third kappa shape index (κ3) is 3.78. The fourth-order valence-electron chi connectivity index (χ4n) is 2.27. The second-order valence-corrected chi connectivity index (χ2v) is 5.85. The summed E-state index contributed by atoms with van der Waals surface area (Å²) in [4.78, 5) is 4.55. The number of furan rings is 1. The topological polar surface area (TPSA) is 60.2 Å². The van der Waals surface area contributed by atoms with Crippen molar-refractivity contribution < 1.29 is 9.15 Å². The van der Waals surface area contributed by atoms with Gasteiger partial charge in [-0.05, 0) is 12.1 Å². The maximum absolute atomic E-state index is 5.83. The molecule has 1 atom stereocenters. The number of rotatable bonds is 7. The molecular formula is C17H19N3O2S. The molecule has 0 radical (unpaired) electrons. The van der Waals surface area contributed by atoms with Crippen molar-refractivity contribution in [2.75, 3.05) is 19.0 Å². The summed E-state index contributed by atoms with van der Waals surface area (Å²) in [5.74, 6) is 2.54. The van der Waals surface area contributed by atoms with Gasteiger partial charge in [-0.15, -0.1) is 0 Å². The van der Waals surface area contributed by atoms with E-state index in [4.69, 9.17) is 9.15 Å². The van der Waals surface area contributed by atoms with Crippen LogP contribution in [-0.4, -0.2) is 23.1 Å². The second kappa shape index (κ2) is 7.39. The van der Waals surface area contributed by atoms with Crippen LogP contribution in [0, 0.1) is 0 Å². The average Bonchev–Trinajstić information content (AvgIpc) is 3.24. The molecule has 0 aliphatic heterocycles. The molecule has 5 nitrogen and oxygen atoms in total. The normalized spacial score (nSPS) is 12.3. The number of benzene rings is 1. The summed E-state index contributed by atoms with van der Waals surface area (Å²) in [5.41, 5.74) is 1.01. The Morgan fingerprint density at radius 3 is 2.74 bits per heavy atom. The standard InChI is InChI=1S/C17H19N3O2S/c1-3-13-9-10-15(22-13)14(11-21-2)18-17-19-16(20-23-17)12-7-5-4-6-8-12/h4-10,14H,3,11H2,1-2H3,(H,18,19,20). The lowest BCUT2D eigenvalue weighted by atomic mass is 10.2. The van der Waals surface area contributed by atoms with E-state index in [0.717, 1.165) is 34.5 Å². The van der Waals surface area contributed by atoms with E-state index >= 15 is 0 Å². The maximum Gasteiger partial charge on any atom is 0.203 e. The van der Waals surface area contributed by atoms with Crippen LogP contribution in [0.2, 0.25) is 0 Å². The fraction of sp³-hybridized carbons (Fsp3) is 0.294. The summed E-state index contributed by atoms with van der Waals surface area (Å²) in [7, 11) is 1.67. The van der Waals surface area contributed by atoms with Gasteiger partial charge >= 0.3 is 0 Å². The summed E-state index contributed by atoms with van der Waals surface area (Å²) in [6.07, 6.45) is 0.872. The van der Waals surface area contributed by atoms with Gasteiger partial charge in [-0.25, -0.2) is 0 Å². The first-order chi connectivity index (χ1) is 11.3. The molecule has 23 heavy (non-hydrogen) atoms. The number of nitrogens with one attached hydrogen (secondary N) is 1. The van der Waals surface area contributed by atoms with Crippen molar-refractivity contribution in [3.05, 3.63) is 54.0 Å². The van der Waals surface area contributed by atoms with E-state index in [9.17, 15) is 0 Å². The summed E-state index contributed by atoms with van der Waals surface area (Å²) < 4.78 is 15.5. The van der Waals surface area contributed by atoms with Crippen LogP contribution < -0.4 is 5.32 Å². The molecule has 0 amide bonds. The van der Waals surface area contributed by atoms with Crippen molar-refractivity contribution in [3.8, 4) is 11.4 Å². The summed E-state index contributed by atoms with van der Waals surface area (Å²) in [6, 6.07) is 13.8. The zero-order valence-corrected chi connectivity index (χ0v) is 14.0. The molecule has 1 aromatic carbocycles. The van der Waals surface area contributed by atoms with Gasteiger partial charge in [0, 0.05) is 30.6 Å². The van der Waals surface area contributed by atoms with E-state index in [1.165, 1.54) is 11.5 Å². The number of hydrogen-bond acceptors (Lipinski definition) is 6. The minimum atomic E-state index is -0.0862. The Kier molecular flexibility index (Phi) is 5.05. The Bertz CT molecular complexity index is 739. The van der Waals surface area contributed by atoms with Gasteiger partial charge in [0.25, 0.3) is 0 Å². The Morgan fingerprint density at radius 1 is 1.22 bits per heavy atom. The van der Waals surface area contributed by atoms with Crippen molar-refractivity contribution in [3.63, 3.8) is 0 Å². The first-order valence-corrected chi connectivity index (χ1v) is 8.30. The number of methoxy groups -OCH3 is 1. The SMILES string of the molecule is CCc1ccc(C(COC)Nc2nc(-c3ccccc3)ns2)o1. The molecule has 2 heterocycles. The van der Waals surface area contributed by atoms with E-state index in [1.807, 2.05) is 42.5 Å². The molecule has 1 N–H and O–H groups in total. The van der Waals surface area contributed by atoms with Crippen LogP contribution in [0.25, 0.3) is 11.4 Å². The van der Waals surface area contributed by atoms with Gasteiger partial charge in [-0.3, -0.25) is 0 Å². The third-order valence-electron chi connectivity index (χ3n) is 3.46. The van der Waals surface area contributed by atoms with Crippen LogP contribution >= 0.6 is 11.5 Å². The van der Waals surface area contributed by atoms with E-state index in [1.54, 1.807) is 7.11 Å². The highest BCUT2D eigenvalue weighted by Crippen LogP contribution is 2.26. The predicted molar refractivity (Wildman–Crippen MR) is 91.7 cm³/mol. The van der Waals surface area contributed by atoms with Gasteiger partial charge in [0.05, 0.1) is 6.61 Å². The van der Waals surface area contributed by atoms with Crippen LogP contribution in [0.1, 0.15) is 24.5 Å². The highest BCUT2D eigenvalue weighted by atomic mass is 32.1. The lowest BCUT2D eigenvalue weighted by Gasteiger charge is -2.14. The number of aromatic nitrogens is 2. The quantitative estimate of drug-likeness (QED) is 0.705. The molecule has 0 aliphatic rings. The zero-order chi connectivity index (χ0) is 16.1. The minimum absolute atomic E-state index is 0.0862. The molecule has 3 aromatic rings. The minimum Gasteiger partial charge on any atom is -0.464 e. The number of ether oxygens (including phenoxy) is 1. The Hall–Kier alpha value is -2.18. The van der Waals surface area contributed by atoms with E-state index in [-0.39, 0.29) is 6.04 Å². The first kappa shape index (κ1) is 15.7. The molecule has 1 unspecified atom stereocenters. The second-order valence-electron chi connectivity index (χ2n) is 5.10. The van der Waals surface area contributed by atoms with E-state index in [2.05, 4.69) is 21.6 Å². The molecule has 0 aliphatic carbocycles. The van der Waals surface area contributed by atoms with Gasteiger partial charge < -0.3 is 14.5 Å². The van der Waals surface area contributed by atoms with Crippen molar-refractivity contribution in [1.82, 2.24) is 9.36 Å². The summed E-state index contributed by atoms with van der Waals surface area (Å²) in [5, 5.41) is 4.10. The number of nitrogens with zero attached hydrogens (tertiary/aromatic N) is 2. The summed E-state index contributed by atoms with van der Waals surface area (Å²) in [6.45, 7) is 2.56. The molecule has 0 fully saturated rings. The van der Waals surface area contributed by atoms with Crippen LogP contribution in [0.5, 0.6) is 0 Å². The van der Waals surface area contributed by atoms with Gasteiger partial charge in [-0.1, -0.05) is 37.3 Å². The Balaban J connectivity index is 1.77. The zero-order valence-electron chi connectivity index (χ0n) is 13.2. The van der Waals surface area contributed by atoms with Crippen LogP contribution in [0.15, 0.2) is 46.9 Å². The average molecular weight is 329 g/mol. The van der Waals surface area contributed by atoms with Crippen molar-refractivity contribution in [2.45, 2.75) is 19.4 Å². The van der Waals surface area contributed by atoms with Crippen LogP contribution in [0.3, 0.4) is 0 Å². The number of hydrogen-bond donors (Lipinski definition) is 1. The molecule has 6 heteroatoms. The molecule has 120 valence electrons. The smallest absolute Gasteiger partial charge is 0.203 e. The van der Waals surface area contributed by atoms with Gasteiger partial charge in [-0.2, -0.15) is 9.36 Å². The van der Waals surface area contributed by atoms with Gasteiger partial charge in [0.2, 0.25) is 5.13 Å². The molecular weight excluding hydrogens is 310 g/mol. The van der Waals surface area contributed by atoms with Crippen molar-refractivity contribution in [2.24, 2.45) is 0 Å². The molecule has 0 spiro atoms. The molecule has 0 saturated carbocycles. The predicted octanol–water partition coefficient (Wildman–Crippen LogP) is 4.16. The van der Waals surface area contributed by atoms with Crippen molar-refractivity contribution in [1.29, 1.82) is 0 Å². The van der Waals surface area contributed by atoms with Gasteiger partial charge in [0.15, 0.2) is 5.82 Å². The largest absolute Gasteiger partial charge is 0.464 e. The van der Waals surface area contributed by atoms with Crippen molar-refractivity contribution >= 4 is 16.7 Å². The Morgan fingerprint density at radius 2 is 2.04 bits per heavy atom. The lowest BCUT2D eigenvalue weighted by molar-refractivity contribution is 0.178. The van der Waals surface area contributed by atoms with E-state index in [0.29, 0.717) is 6.61 Å². The highest BCUT2D eigenvalue weighted by molar-refractivity contribution is 7.09. The lowest BCUT2D eigenvalue weighted by Crippen LogP contribution is -2.15. The van der Waals surface area contributed by atoms with Crippen LogP contribution in [-0.2, 0) is 11.2 Å². The molecule has 0 saturated heterocycles. The fourth-order valence-corrected chi connectivity index (χ4v) is 2.91. The Labute approximate surface area is 139 Å². The van der Waals surface area contributed by atoms with Crippen LogP contribution in [0.4, 0.5) is 5.13 Å². The van der Waals surface area contributed by atoms with Gasteiger partial charge in [0.1, 0.15) is 17.6 Å².